The van der Waals surface area contributed by atoms with E-state index in [4.69, 9.17) is 16.3 Å². The molecule has 0 fully saturated rings. The molecule has 146 valence electrons. The topological polar surface area (TPSA) is 84.5 Å². The third kappa shape index (κ3) is 4.44. The second-order valence-corrected chi connectivity index (χ2v) is 8.31. The summed E-state index contributed by atoms with van der Waals surface area (Å²) in [6.07, 6.45) is 0. The van der Waals surface area contributed by atoms with Crippen molar-refractivity contribution in [3.05, 3.63) is 65.7 Å². The van der Waals surface area contributed by atoms with Crippen LogP contribution in [0.5, 0.6) is 5.75 Å². The molecule has 0 unspecified atom stereocenters. The first-order valence-electron chi connectivity index (χ1n) is 8.46. The fourth-order valence-electron chi connectivity index (χ4n) is 2.68. The number of halogens is 1. The lowest BCUT2D eigenvalue weighted by atomic mass is 10.1. The second kappa shape index (κ2) is 8.18. The molecule has 1 amide bonds. The molecule has 3 rings (SSSR count). The van der Waals surface area contributed by atoms with Gasteiger partial charge in [0.1, 0.15) is 5.75 Å². The van der Waals surface area contributed by atoms with Crippen LogP contribution >= 0.6 is 11.6 Å². The molecule has 2 N–H and O–H groups in total. The number of hydrogen-bond acceptors (Lipinski definition) is 4. The SMILES string of the molecule is COc1ccc(NC(=O)[C@@H](C)NS(=O)(=O)c2ccc3ccccc3c2)cc1Cl. The van der Waals surface area contributed by atoms with Crippen molar-refractivity contribution in [2.24, 2.45) is 0 Å². The highest BCUT2D eigenvalue weighted by atomic mass is 35.5. The third-order valence-electron chi connectivity index (χ3n) is 4.18. The van der Waals surface area contributed by atoms with Crippen LogP contribution in [-0.4, -0.2) is 27.5 Å². The first-order chi connectivity index (χ1) is 13.3. The van der Waals surface area contributed by atoms with Crippen LogP contribution in [0.1, 0.15) is 6.92 Å². The Morgan fingerprint density at radius 2 is 1.75 bits per heavy atom. The summed E-state index contributed by atoms with van der Waals surface area (Å²) in [7, 11) is -2.37. The lowest BCUT2D eigenvalue weighted by Gasteiger charge is -2.15. The Hall–Kier alpha value is -2.61. The number of fused-ring (bicyclic) bond motifs is 1. The number of methoxy groups -OCH3 is 1. The zero-order valence-electron chi connectivity index (χ0n) is 15.3. The lowest BCUT2D eigenvalue weighted by Crippen LogP contribution is -2.41. The van der Waals surface area contributed by atoms with Crippen LogP contribution in [0.25, 0.3) is 10.8 Å². The van der Waals surface area contributed by atoms with Gasteiger partial charge in [-0.3, -0.25) is 4.79 Å². The number of rotatable bonds is 6. The van der Waals surface area contributed by atoms with Crippen molar-refractivity contribution in [1.82, 2.24) is 4.72 Å². The molecule has 0 bridgehead atoms. The fourth-order valence-corrected chi connectivity index (χ4v) is 4.18. The summed E-state index contributed by atoms with van der Waals surface area (Å²) in [4.78, 5) is 12.5. The number of carbonyl (C=O) groups excluding carboxylic acids is 1. The Labute approximate surface area is 168 Å². The third-order valence-corrected chi connectivity index (χ3v) is 6.01. The number of amides is 1. The molecule has 6 nitrogen and oxygen atoms in total. The Balaban J connectivity index is 1.73. The molecule has 3 aromatic rings. The summed E-state index contributed by atoms with van der Waals surface area (Å²) in [6.45, 7) is 1.47. The molecule has 28 heavy (non-hydrogen) atoms. The maximum atomic E-state index is 12.7. The molecule has 0 radical (unpaired) electrons. The van der Waals surface area contributed by atoms with Crippen LogP contribution in [-0.2, 0) is 14.8 Å². The molecule has 0 heterocycles. The van der Waals surface area contributed by atoms with Crippen LogP contribution in [0, 0.1) is 0 Å². The number of ether oxygens (including phenoxy) is 1. The Morgan fingerprint density at radius 1 is 1.04 bits per heavy atom. The summed E-state index contributed by atoms with van der Waals surface area (Å²) in [5.74, 6) is -0.0321. The molecule has 0 aliphatic rings. The minimum Gasteiger partial charge on any atom is -0.495 e. The Kier molecular flexibility index (Phi) is 5.88. The summed E-state index contributed by atoms with van der Waals surface area (Å²) in [5.41, 5.74) is 0.438. The maximum absolute atomic E-state index is 12.7. The molecule has 0 saturated carbocycles. The van der Waals surface area contributed by atoms with Crippen LogP contribution in [0.4, 0.5) is 5.69 Å². The predicted octanol–water partition coefficient (Wildman–Crippen LogP) is 3.81. The van der Waals surface area contributed by atoms with Gasteiger partial charge in [-0.15, -0.1) is 0 Å². The van der Waals surface area contributed by atoms with E-state index >= 15 is 0 Å². The fraction of sp³-hybridized carbons (Fsp3) is 0.150. The standard InChI is InChI=1S/C20H19ClN2O4S/c1-13(20(24)22-16-8-10-19(27-2)18(21)12-16)23-28(25,26)17-9-7-14-5-3-4-6-15(14)11-17/h3-13,23H,1-2H3,(H,22,24)/t13-/m1/s1. The van der Waals surface area contributed by atoms with E-state index in [1.54, 1.807) is 24.3 Å². The minimum atomic E-state index is -3.86. The smallest absolute Gasteiger partial charge is 0.242 e. The van der Waals surface area contributed by atoms with Gasteiger partial charge in [-0.05, 0) is 48.0 Å². The van der Waals surface area contributed by atoms with E-state index in [2.05, 4.69) is 10.0 Å². The normalized spacial score (nSPS) is 12.5. The first kappa shape index (κ1) is 20.1. The molecule has 0 aromatic heterocycles. The van der Waals surface area contributed by atoms with Crippen molar-refractivity contribution in [1.29, 1.82) is 0 Å². The molecule has 0 spiro atoms. The van der Waals surface area contributed by atoms with E-state index in [-0.39, 0.29) is 4.90 Å². The van der Waals surface area contributed by atoms with E-state index in [1.807, 2.05) is 24.3 Å². The number of carbonyl (C=O) groups is 1. The highest BCUT2D eigenvalue weighted by Gasteiger charge is 2.22. The van der Waals surface area contributed by atoms with Gasteiger partial charge in [-0.25, -0.2) is 8.42 Å². The zero-order valence-corrected chi connectivity index (χ0v) is 16.8. The molecular formula is C20H19ClN2O4S. The van der Waals surface area contributed by atoms with Gasteiger partial charge in [0.15, 0.2) is 0 Å². The lowest BCUT2D eigenvalue weighted by molar-refractivity contribution is -0.117. The van der Waals surface area contributed by atoms with E-state index in [0.717, 1.165) is 10.8 Å². The first-order valence-corrected chi connectivity index (χ1v) is 10.3. The van der Waals surface area contributed by atoms with Gasteiger partial charge in [-0.2, -0.15) is 4.72 Å². The van der Waals surface area contributed by atoms with E-state index < -0.39 is 22.0 Å². The Morgan fingerprint density at radius 3 is 2.43 bits per heavy atom. The summed E-state index contributed by atoms with van der Waals surface area (Å²) < 4.78 is 32.8. The number of sulfonamides is 1. The second-order valence-electron chi connectivity index (χ2n) is 6.19. The summed E-state index contributed by atoms with van der Waals surface area (Å²) >= 11 is 6.04. The summed E-state index contributed by atoms with van der Waals surface area (Å²) in [6, 6.07) is 16.0. The molecule has 0 aliphatic heterocycles. The van der Waals surface area contributed by atoms with Gasteiger partial charge >= 0.3 is 0 Å². The molecule has 3 aromatic carbocycles. The van der Waals surface area contributed by atoms with Crippen LogP contribution in [0.15, 0.2) is 65.6 Å². The quantitative estimate of drug-likeness (QED) is 0.637. The average molecular weight is 419 g/mol. The monoisotopic (exact) mass is 418 g/mol. The van der Waals surface area contributed by atoms with E-state index in [0.29, 0.717) is 16.5 Å². The van der Waals surface area contributed by atoms with Gasteiger partial charge in [0.05, 0.1) is 23.1 Å². The van der Waals surface area contributed by atoms with Gasteiger partial charge in [0.25, 0.3) is 0 Å². The molecule has 0 saturated heterocycles. The van der Waals surface area contributed by atoms with E-state index in [1.165, 1.54) is 26.2 Å². The molecule has 1 atom stereocenters. The van der Waals surface area contributed by atoms with Crippen molar-refractivity contribution in [2.45, 2.75) is 17.9 Å². The largest absolute Gasteiger partial charge is 0.495 e. The predicted molar refractivity (Wildman–Crippen MR) is 110 cm³/mol. The number of benzene rings is 3. The van der Waals surface area contributed by atoms with Crippen molar-refractivity contribution in [3.8, 4) is 5.75 Å². The highest BCUT2D eigenvalue weighted by Crippen LogP contribution is 2.27. The molecule has 8 heteroatoms. The number of hydrogen-bond donors (Lipinski definition) is 2. The number of nitrogens with one attached hydrogen (secondary N) is 2. The maximum Gasteiger partial charge on any atom is 0.242 e. The van der Waals surface area contributed by atoms with Crippen molar-refractivity contribution in [2.75, 3.05) is 12.4 Å². The van der Waals surface area contributed by atoms with Crippen molar-refractivity contribution < 1.29 is 17.9 Å². The zero-order chi connectivity index (χ0) is 20.3. The van der Waals surface area contributed by atoms with Crippen molar-refractivity contribution in [3.63, 3.8) is 0 Å². The van der Waals surface area contributed by atoms with Gasteiger partial charge in [0, 0.05) is 5.69 Å². The summed E-state index contributed by atoms with van der Waals surface area (Å²) in [5, 5.41) is 4.70. The van der Waals surface area contributed by atoms with E-state index in [9.17, 15) is 13.2 Å². The van der Waals surface area contributed by atoms with Gasteiger partial charge in [0.2, 0.25) is 15.9 Å². The highest BCUT2D eigenvalue weighted by molar-refractivity contribution is 7.89. The van der Waals surface area contributed by atoms with Crippen LogP contribution in [0.3, 0.4) is 0 Å². The average Bonchev–Trinajstić information content (AvgIpc) is 2.67. The minimum absolute atomic E-state index is 0.0957. The van der Waals surface area contributed by atoms with Crippen LogP contribution in [0.2, 0.25) is 5.02 Å². The van der Waals surface area contributed by atoms with Gasteiger partial charge in [-0.1, -0.05) is 41.9 Å². The Bertz CT molecular complexity index is 1130. The van der Waals surface area contributed by atoms with Crippen molar-refractivity contribution >= 4 is 44.0 Å². The van der Waals surface area contributed by atoms with Crippen LogP contribution < -0.4 is 14.8 Å². The number of anilines is 1. The molecular weight excluding hydrogens is 400 g/mol. The van der Waals surface area contributed by atoms with Gasteiger partial charge < -0.3 is 10.1 Å². The molecule has 0 aliphatic carbocycles.